The van der Waals surface area contributed by atoms with Crippen LogP contribution in [-0.2, 0) is 0 Å². The largest absolute Gasteiger partial charge is 0.436 e. The number of hydrogen-bond donors (Lipinski definition) is 0. The normalized spacial score (nSPS) is 10.5. The lowest BCUT2D eigenvalue weighted by molar-refractivity contribution is -0.384. The third-order valence-electron chi connectivity index (χ3n) is 2.96. The van der Waals surface area contributed by atoms with E-state index < -0.39 is 4.92 Å². The minimum atomic E-state index is -0.441. The fraction of sp³-hybridized carbons (Fsp3) is 0. The number of nitro benzene ring substituents is 1. The van der Waals surface area contributed by atoms with Crippen molar-refractivity contribution >= 4 is 17.3 Å². The Morgan fingerprint density at radius 3 is 2.24 bits per heavy atom. The van der Waals surface area contributed by atoms with Gasteiger partial charge in [0.05, 0.1) is 11.1 Å². The Hall–Kier alpha value is -2.66. The van der Waals surface area contributed by atoms with Crippen LogP contribution in [0.25, 0.3) is 22.8 Å². The average Bonchev–Trinajstić information content (AvgIpc) is 2.98. The van der Waals surface area contributed by atoms with Crippen LogP contribution in [0.4, 0.5) is 5.69 Å². The highest BCUT2D eigenvalue weighted by Crippen LogP contribution is 2.27. The molecule has 0 aliphatic carbocycles. The minimum Gasteiger partial charge on any atom is -0.436 e. The van der Waals surface area contributed by atoms with Crippen LogP contribution >= 0.6 is 11.6 Å². The zero-order valence-corrected chi connectivity index (χ0v) is 11.4. The average molecular weight is 301 g/mol. The van der Waals surface area contributed by atoms with E-state index in [9.17, 15) is 10.1 Å². The van der Waals surface area contributed by atoms with Gasteiger partial charge in [-0.25, -0.2) is 4.98 Å². The van der Waals surface area contributed by atoms with Crippen molar-refractivity contribution in [2.45, 2.75) is 0 Å². The number of aromatic nitrogens is 1. The van der Waals surface area contributed by atoms with Gasteiger partial charge in [-0.3, -0.25) is 10.1 Å². The molecule has 0 saturated carbocycles. The van der Waals surface area contributed by atoms with Gasteiger partial charge in [-0.1, -0.05) is 11.6 Å². The molecule has 0 amide bonds. The maximum atomic E-state index is 10.6. The van der Waals surface area contributed by atoms with Gasteiger partial charge in [-0.15, -0.1) is 0 Å². The van der Waals surface area contributed by atoms with E-state index in [-0.39, 0.29) is 5.69 Å². The van der Waals surface area contributed by atoms with Gasteiger partial charge < -0.3 is 4.42 Å². The van der Waals surface area contributed by atoms with E-state index in [1.54, 1.807) is 30.5 Å². The zero-order valence-electron chi connectivity index (χ0n) is 10.7. The fourth-order valence-electron chi connectivity index (χ4n) is 1.88. The first-order chi connectivity index (χ1) is 10.1. The number of non-ortho nitro benzene ring substituents is 1. The lowest BCUT2D eigenvalue weighted by atomic mass is 10.2. The molecule has 6 heteroatoms. The van der Waals surface area contributed by atoms with Crippen molar-refractivity contribution in [3.63, 3.8) is 0 Å². The lowest BCUT2D eigenvalue weighted by Crippen LogP contribution is -1.86. The second kappa shape index (κ2) is 5.38. The van der Waals surface area contributed by atoms with E-state index in [4.69, 9.17) is 16.0 Å². The molecule has 1 heterocycles. The van der Waals surface area contributed by atoms with Gasteiger partial charge in [0.25, 0.3) is 5.69 Å². The highest BCUT2D eigenvalue weighted by atomic mass is 35.5. The highest BCUT2D eigenvalue weighted by Gasteiger charge is 2.10. The summed E-state index contributed by atoms with van der Waals surface area (Å²) in [5.74, 6) is 1.02. The SMILES string of the molecule is O=[N+]([O-])c1ccc(-c2cnc(-c3ccc(Cl)cc3)o2)cc1. The summed E-state index contributed by atoms with van der Waals surface area (Å²) in [6.45, 7) is 0. The summed E-state index contributed by atoms with van der Waals surface area (Å²) < 4.78 is 5.67. The van der Waals surface area contributed by atoms with Crippen LogP contribution in [0, 0.1) is 10.1 Å². The van der Waals surface area contributed by atoms with Gasteiger partial charge in [0.1, 0.15) is 0 Å². The first kappa shape index (κ1) is 13.3. The van der Waals surface area contributed by atoms with Crippen molar-refractivity contribution in [3.05, 3.63) is 69.9 Å². The molecule has 0 fully saturated rings. The molecule has 21 heavy (non-hydrogen) atoms. The molecule has 0 unspecified atom stereocenters. The summed E-state index contributed by atoms with van der Waals surface area (Å²) in [6, 6.07) is 13.3. The van der Waals surface area contributed by atoms with E-state index in [0.717, 1.165) is 11.1 Å². The smallest absolute Gasteiger partial charge is 0.269 e. The number of rotatable bonds is 3. The van der Waals surface area contributed by atoms with Crippen LogP contribution in [-0.4, -0.2) is 9.91 Å². The summed E-state index contributed by atoms with van der Waals surface area (Å²) in [6.07, 6.45) is 1.59. The van der Waals surface area contributed by atoms with Crippen LogP contribution in [0.15, 0.2) is 59.1 Å². The third-order valence-corrected chi connectivity index (χ3v) is 3.21. The van der Waals surface area contributed by atoms with Crippen LogP contribution in [0.2, 0.25) is 5.02 Å². The Bertz CT molecular complexity index is 779. The van der Waals surface area contributed by atoms with Gasteiger partial charge in [0.15, 0.2) is 5.76 Å². The van der Waals surface area contributed by atoms with Crippen molar-refractivity contribution in [2.24, 2.45) is 0 Å². The molecule has 0 bridgehead atoms. The first-order valence-corrected chi connectivity index (χ1v) is 6.48. The van der Waals surface area contributed by atoms with E-state index in [2.05, 4.69) is 4.98 Å². The quantitative estimate of drug-likeness (QED) is 0.525. The van der Waals surface area contributed by atoms with Crippen LogP contribution < -0.4 is 0 Å². The molecule has 0 spiro atoms. The highest BCUT2D eigenvalue weighted by molar-refractivity contribution is 6.30. The standard InChI is InChI=1S/C15H9ClN2O3/c16-12-5-1-11(2-6-12)15-17-9-14(21-15)10-3-7-13(8-4-10)18(19)20/h1-9H. The summed E-state index contributed by atoms with van der Waals surface area (Å²) in [4.78, 5) is 14.4. The molecular formula is C15H9ClN2O3. The monoisotopic (exact) mass is 300 g/mol. The molecular weight excluding hydrogens is 292 g/mol. The second-order valence-electron chi connectivity index (χ2n) is 4.34. The molecule has 2 aromatic carbocycles. The van der Waals surface area contributed by atoms with E-state index in [1.165, 1.54) is 12.1 Å². The molecule has 104 valence electrons. The summed E-state index contributed by atoms with van der Waals surface area (Å²) in [5, 5.41) is 11.3. The molecule has 3 aromatic rings. The summed E-state index contributed by atoms with van der Waals surface area (Å²) in [7, 11) is 0. The number of halogens is 1. The van der Waals surface area contributed by atoms with Gasteiger partial charge in [-0.2, -0.15) is 0 Å². The predicted molar refractivity (Wildman–Crippen MR) is 79.0 cm³/mol. The zero-order chi connectivity index (χ0) is 14.8. The molecule has 0 saturated heterocycles. The maximum Gasteiger partial charge on any atom is 0.269 e. The number of nitrogens with zero attached hydrogens (tertiary/aromatic N) is 2. The van der Waals surface area contributed by atoms with Crippen molar-refractivity contribution in [1.29, 1.82) is 0 Å². The second-order valence-corrected chi connectivity index (χ2v) is 4.78. The molecule has 0 radical (unpaired) electrons. The number of hydrogen-bond acceptors (Lipinski definition) is 4. The fourth-order valence-corrected chi connectivity index (χ4v) is 2.01. The molecule has 0 N–H and O–H groups in total. The molecule has 0 aliphatic rings. The Kier molecular flexibility index (Phi) is 3.41. The predicted octanol–water partition coefficient (Wildman–Crippen LogP) is 4.57. The van der Waals surface area contributed by atoms with E-state index in [0.29, 0.717) is 16.7 Å². The maximum absolute atomic E-state index is 10.6. The summed E-state index contributed by atoms with van der Waals surface area (Å²) >= 11 is 5.83. The van der Waals surface area contributed by atoms with Crippen molar-refractivity contribution in [1.82, 2.24) is 4.98 Å². The van der Waals surface area contributed by atoms with E-state index >= 15 is 0 Å². The number of oxazole rings is 1. The minimum absolute atomic E-state index is 0.0381. The van der Waals surface area contributed by atoms with Crippen LogP contribution in [0.1, 0.15) is 0 Å². The first-order valence-electron chi connectivity index (χ1n) is 6.10. The molecule has 5 nitrogen and oxygen atoms in total. The number of benzene rings is 2. The Labute approximate surface area is 125 Å². The summed E-state index contributed by atoms with van der Waals surface area (Å²) in [5.41, 5.74) is 1.58. The van der Waals surface area contributed by atoms with Gasteiger partial charge in [0, 0.05) is 28.3 Å². The molecule has 0 atom stereocenters. The van der Waals surface area contributed by atoms with Gasteiger partial charge >= 0.3 is 0 Å². The van der Waals surface area contributed by atoms with Crippen molar-refractivity contribution < 1.29 is 9.34 Å². The van der Waals surface area contributed by atoms with Gasteiger partial charge in [-0.05, 0) is 36.4 Å². The Morgan fingerprint density at radius 2 is 1.62 bits per heavy atom. The topological polar surface area (TPSA) is 69.2 Å². The Morgan fingerprint density at radius 1 is 1.00 bits per heavy atom. The molecule has 3 rings (SSSR count). The van der Waals surface area contributed by atoms with Crippen LogP contribution in [0.3, 0.4) is 0 Å². The van der Waals surface area contributed by atoms with Crippen molar-refractivity contribution in [3.8, 4) is 22.8 Å². The number of nitro groups is 1. The van der Waals surface area contributed by atoms with Crippen molar-refractivity contribution in [2.75, 3.05) is 0 Å². The van der Waals surface area contributed by atoms with Crippen LogP contribution in [0.5, 0.6) is 0 Å². The van der Waals surface area contributed by atoms with Gasteiger partial charge in [0.2, 0.25) is 5.89 Å². The van der Waals surface area contributed by atoms with E-state index in [1.807, 2.05) is 12.1 Å². The lowest BCUT2D eigenvalue weighted by Gasteiger charge is -1.97. The Balaban J connectivity index is 1.90. The molecule has 1 aromatic heterocycles. The molecule has 0 aliphatic heterocycles. The third kappa shape index (κ3) is 2.78.